The largest absolute Gasteiger partial charge is 0.382 e. The Morgan fingerprint density at radius 2 is 1.84 bits per heavy atom. The Bertz CT molecular complexity index is 1070. The number of rotatable bonds is 10. The molecule has 3 aromatic rings. The Balaban J connectivity index is 1.79. The van der Waals surface area contributed by atoms with E-state index in [0.717, 1.165) is 5.56 Å². The minimum atomic E-state index is -0.405. The van der Waals surface area contributed by atoms with Crippen molar-refractivity contribution in [3.8, 4) is 0 Å². The van der Waals surface area contributed by atoms with Gasteiger partial charge in [0.2, 0.25) is 5.91 Å². The van der Waals surface area contributed by atoms with Gasteiger partial charge < -0.3 is 10.1 Å². The lowest BCUT2D eigenvalue weighted by Crippen LogP contribution is -2.34. The number of para-hydroxylation sites is 1. The summed E-state index contributed by atoms with van der Waals surface area (Å²) in [6, 6.07) is 17.1. The van der Waals surface area contributed by atoms with Crippen molar-refractivity contribution in [3.05, 3.63) is 70.5 Å². The first-order valence-corrected chi connectivity index (χ1v) is 11.5. The van der Waals surface area contributed by atoms with E-state index in [4.69, 9.17) is 9.72 Å². The van der Waals surface area contributed by atoms with Crippen LogP contribution >= 0.6 is 11.8 Å². The molecule has 0 fully saturated rings. The number of fused-ring (bicyclic) bond motifs is 1. The fraction of sp³-hybridized carbons (Fsp3) is 0.375. The fourth-order valence-corrected chi connectivity index (χ4v) is 4.22. The molecule has 7 heteroatoms. The molecule has 1 amide bonds. The van der Waals surface area contributed by atoms with Crippen LogP contribution in [0.5, 0.6) is 0 Å². The minimum Gasteiger partial charge on any atom is -0.382 e. The quantitative estimate of drug-likeness (QED) is 0.291. The molecule has 0 saturated heterocycles. The number of carbonyl (C=O) groups is 1. The SMILES string of the molecule is CCOCCCn1c(SC(C)C(=O)NC(C)c2ccccc2)nc2ccccc2c1=O. The smallest absolute Gasteiger partial charge is 0.262 e. The van der Waals surface area contributed by atoms with Gasteiger partial charge in [0.05, 0.1) is 22.2 Å². The third-order valence-corrected chi connectivity index (χ3v) is 6.10. The van der Waals surface area contributed by atoms with E-state index in [-0.39, 0.29) is 17.5 Å². The van der Waals surface area contributed by atoms with Crippen molar-refractivity contribution >= 4 is 28.6 Å². The molecule has 0 aliphatic rings. The molecule has 6 nitrogen and oxygen atoms in total. The van der Waals surface area contributed by atoms with Crippen LogP contribution < -0.4 is 10.9 Å². The lowest BCUT2D eigenvalue weighted by atomic mass is 10.1. The maximum Gasteiger partial charge on any atom is 0.262 e. The number of amides is 1. The summed E-state index contributed by atoms with van der Waals surface area (Å²) in [4.78, 5) is 30.6. The van der Waals surface area contributed by atoms with E-state index in [0.29, 0.717) is 42.2 Å². The summed E-state index contributed by atoms with van der Waals surface area (Å²) < 4.78 is 7.08. The Morgan fingerprint density at radius 3 is 2.58 bits per heavy atom. The summed E-state index contributed by atoms with van der Waals surface area (Å²) in [7, 11) is 0. The zero-order valence-electron chi connectivity index (χ0n) is 18.2. The van der Waals surface area contributed by atoms with Crippen molar-refractivity contribution in [2.45, 2.75) is 50.2 Å². The van der Waals surface area contributed by atoms with Crippen LogP contribution in [0.3, 0.4) is 0 Å². The average Bonchev–Trinajstić information content (AvgIpc) is 2.79. The molecule has 0 bridgehead atoms. The van der Waals surface area contributed by atoms with Crippen LogP contribution in [0.25, 0.3) is 10.9 Å². The molecule has 0 aliphatic heterocycles. The number of nitrogens with zero attached hydrogens (tertiary/aromatic N) is 2. The minimum absolute atomic E-state index is 0.0881. The van der Waals surface area contributed by atoms with Gasteiger partial charge in [0.1, 0.15) is 0 Å². The number of nitrogens with one attached hydrogen (secondary N) is 1. The van der Waals surface area contributed by atoms with E-state index < -0.39 is 5.25 Å². The van der Waals surface area contributed by atoms with Crippen molar-refractivity contribution < 1.29 is 9.53 Å². The van der Waals surface area contributed by atoms with Gasteiger partial charge in [0, 0.05) is 19.8 Å². The first kappa shape index (κ1) is 23.0. The highest BCUT2D eigenvalue weighted by atomic mass is 32.2. The molecule has 3 rings (SSSR count). The van der Waals surface area contributed by atoms with Crippen LogP contribution in [-0.2, 0) is 16.1 Å². The predicted molar refractivity (Wildman–Crippen MR) is 125 cm³/mol. The zero-order valence-corrected chi connectivity index (χ0v) is 19.0. The highest BCUT2D eigenvalue weighted by molar-refractivity contribution is 8.00. The molecule has 0 radical (unpaired) electrons. The van der Waals surface area contributed by atoms with Crippen LogP contribution in [0.2, 0.25) is 0 Å². The van der Waals surface area contributed by atoms with Gasteiger partial charge in [-0.2, -0.15) is 0 Å². The van der Waals surface area contributed by atoms with Gasteiger partial charge in [-0.1, -0.05) is 54.2 Å². The standard InChI is InChI=1S/C24H29N3O3S/c1-4-30-16-10-15-27-23(29)20-13-8-9-14-21(20)26-24(27)31-18(3)22(28)25-17(2)19-11-6-5-7-12-19/h5-9,11-14,17-18H,4,10,15-16H2,1-3H3,(H,25,28). The second-order valence-electron chi connectivity index (χ2n) is 7.32. The summed E-state index contributed by atoms with van der Waals surface area (Å²) in [5.41, 5.74) is 1.60. The highest BCUT2D eigenvalue weighted by Crippen LogP contribution is 2.24. The normalized spacial score (nSPS) is 13.1. The van der Waals surface area contributed by atoms with E-state index in [1.807, 2.05) is 69.3 Å². The first-order valence-electron chi connectivity index (χ1n) is 10.6. The number of hydrogen-bond acceptors (Lipinski definition) is 5. The van der Waals surface area contributed by atoms with Gasteiger partial charge >= 0.3 is 0 Å². The van der Waals surface area contributed by atoms with Crippen molar-refractivity contribution in [3.63, 3.8) is 0 Å². The summed E-state index contributed by atoms with van der Waals surface area (Å²) in [5.74, 6) is -0.0929. The van der Waals surface area contributed by atoms with E-state index in [1.165, 1.54) is 11.8 Å². The second-order valence-corrected chi connectivity index (χ2v) is 8.63. The Labute approximate surface area is 187 Å². The lowest BCUT2D eigenvalue weighted by Gasteiger charge is -2.19. The van der Waals surface area contributed by atoms with Gasteiger partial charge in [-0.05, 0) is 44.9 Å². The third kappa shape index (κ3) is 5.95. The molecular weight excluding hydrogens is 410 g/mol. The van der Waals surface area contributed by atoms with E-state index in [9.17, 15) is 9.59 Å². The lowest BCUT2D eigenvalue weighted by molar-refractivity contribution is -0.120. The van der Waals surface area contributed by atoms with Crippen LogP contribution in [0.15, 0.2) is 64.5 Å². The third-order valence-electron chi connectivity index (χ3n) is 5.01. The van der Waals surface area contributed by atoms with Crippen LogP contribution in [0.1, 0.15) is 38.8 Å². The van der Waals surface area contributed by atoms with E-state index in [2.05, 4.69) is 5.32 Å². The van der Waals surface area contributed by atoms with Crippen LogP contribution in [0, 0.1) is 0 Å². The van der Waals surface area contributed by atoms with Gasteiger partial charge in [0.25, 0.3) is 5.56 Å². The number of benzene rings is 2. The Morgan fingerprint density at radius 1 is 1.13 bits per heavy atom. The summed E-state index contributed by atoms with van der Waals surface area (Å²) in [6.45, 7) is 7.45. The fourth-order valence-electron chi connectivity index (χ4n) is 3.27. The summed E-state index contributed by atoms with van der Waals surface area (Å²) in [5, 5.41) is 3.78. The van der Waals surface area contributed by atoms with E-state index in [1.54, 1.807) is 10.6 Å². The predicted octanol–water partition coefficient (Wildman–Crippen LogP) is 4.18. The number of thioether (sulfide) groups is 1. The maximum absolute atomic E-state index is 13.1. The molecule has 2 atom stereocenters. The molecule has 164 valence electrons. The average molecular weight is 440 g/mol. The molecule has 1 aromatic heterocycles. The molecule has 31 heavy (non-hydrogen) atoms. The van der Waals surface area contributed by atoms with Crippen molar-refractivity contribution in [1.29, 1.82) is 0 Å². The monoisotopic (exact) mass is 439 g/mol. The molecule has 2 unspecified atom stereocenters. The van der Waals surface area contributed by atoms with Crippen molar-refractivity contribution in [1.82, 2.24) is 14.9 Å². The van der Waals surface area contributed by atoms with E-state index >= 15 is 0 Å². The Kier molecular flexibility index (Phi) is 8.26. The zero-order chi connectivity index (χ0) is 22.2. The first-order chi connectivity index (χ1) is 15.0. The number of carbonyl (C=O) groups excluding carboxylic acids is 1. The van der Waals surface area contributed by atoms with Crippen molar-refractivity contribution in [2.75, 3.05) is 13.2 Å². The maximum atomic E-state index is 13.1. The van der Waals surface area contributed by atoms with Gasteiger partial charge in [0.15, 0.2) is 5.16 Å². The molecule has 2 aromatic carbocycles. The molecule has 0 saturated carbocycles. The Hall–Kier alpha value is -2.64. The molecular formula is C24H29N3O3S. The van der Waals surface area contributed by atoms with Crippen molar-refractivity contribution in [2.24, 2.45) is 0 Å². The molecule has 1 heterocycles. The van der Waals surface area contributed by atoms with Crippen LogP contribution in [0.4, 0.5) is 0 Å². The number of hydrogen-bond donors (Lipinski definition) is 1. The summed E-state index contributed by atoms with van der Waals surface area (Å²) in [6.07, 6.45) is 0.701. The van der Waals surface area contributed by atoms with Gasteiger partial charge in [-0.3, -0.25) is 14.2 Å². The number of aromatic nitrogens is 2. The molecule has 1 N–H and O–H groups in total. The highest BCUT2D eigenvalue weighted by Gasteiger charge is 2.21. The molecule has 0 spiro atoms. The molecule has 0 aliphatic carbocycles. The summed E-state index contributed by atoms with van der Waals surface area (Å²) >= 11 is 1.31. The van der Waals surface area contributed by atoms with Gasteiger partial charge in [-0.15, -0.1) is 0 Å². The topological polar surface area (TPSA) is 73.2 Å². The van der Waals surface area contributed by atoms with Gasteiger partial charge in [-0.25, -0.2) is 4.98 Å². The number of ether oxygens (including phenoxy) is 1. The second kappa shape index (κ2) is 11.1. The van der Waals surface area contributed by atoms with Crippen LogP contribution in [-0.4, -0.2) is 33.9 Å².